The summed E-state index contributed by atoms with van der Waals surface area (Å²) in [6.07, 6.45) is 1.72. The zero-order chi connectivity index (χ0) is 13.9. The van der Waals surface area contributed by atoms with E-state index in [1.54, 1.807) is 12.3 Å². The number of fused-ring (bicyclic) bond motifs is 1. The summed E-state index contributed by atoms with van der Waals surface area (Å²) in [5.74, 6) is 0.410. The molecule has 0 aliphatic carbocycles. The van der Waals surface area contributed by atoms with Gasteiger partial charge in [0.2, 0.25) is 0 Å². The summed E-state index contributed by atoms with van der Waals surface area (Å²) in [7, 11) is 0. The molecule has 0 fully saturated rings. The van der Waals surface area contributed by atoms with Gasteiger partial charge in [-0.05, 0) is 57.6 Å². The SMILES string of the molecule is O=C(Nc1ccc(I)cn1)c1ccc2ccccc2c1. The van der Waals surface area contributed by atoms with Gasteiger partial charge in [-0.2, -0.15) is 0 Å². The van der Waals surface area contributed by atoms with Gasteiger partial charge in [-0.1, -0.05) is 30.3 Å². The number of rotatable bonds is 2. The molecule has 0 atom stereocenters. The summed E-state index contributed by atoms with van der Waals surface area (Å²) in [5, 5.41) is 4.97. The Hall–Kier alpha value is -1.95. The van der Waals surface area contributed by atoms with Gasteiger partial charge in [-0.3, -0.25) is 4.79 Å². The largest absolute Gasteiger partial charge is 0.307 e. The molecule has 3 aromatic rings. The van der Waals surface area contributed by atoms with Crippen LogP contribution in [0.2, 0.25) is 0 Å². The maximum Gasteiger partial charge on any atom is 0.256 e. The van der Waals surface area contributed by atoms with E-state index in [1.165, 1.54) is 0 Å². The lowest BCUT2D eigenvalue weighted by atomic mass is 10.1. The summed E-state index contributed by atoms with van der Waals surface area (Å²) in [5.41, 5.74) is 0.629. The number of nitrogens with zero attached hydrogens (tertiary/aromatic N) is 1. The lowest BCUT2D eigenvalue weighted by molar-refractivity contribution is 0.102. The zero-order valence-electron chi connectivity index (χ0n) is 10.5. The van der Waals surface area contributed by atoms with Gasteiger partial charge in [0, 0.05) is 15.3 Å². The number of hydrogen-bond donors (Lipinski definition) is 1. The highest BCUT2D eigenvalue weighted by molar-refractivity contribution is 14.1. The lowest BCUT2D eigenvalue weighted by Gasteiger charge is -2.05. The number of halogens is 1. The van der Waals surface area contributed by atoms with E-state index in [-0.39, 0.29) is 5.91 Å². The molecule has 0 saturated carbocycles. The van der Waals surface area contributed by atoms with E-state index in [4.69, 9.17) is 0 Å². The first-order valence-corrected chi connectivity index (χ1v) is 7.22. The van der Waals surface area contributed by atoms with Crippen molar-refractivity contribution < 1.29 is 4.79 Å². The third-order valence-corrected chi connectivity index (χ3v) is 3.62. The van der Waals surface area contributed by atoms with Gasteiger partial charge in [0.1, 0.15) is 5.82 Å². The van der Waals surface area contributed by atoms with Crippen LogP contribution < -0.4 is 5.32 Å². The monoisotopic (exact) mass is 374 g/mol. The highest BCUT2D eigenvalue weighted by Gasteiger charge is 2.07. The smallest absolute Gasteiger partial charge is 0.256 e. The number of nitrogens with one attached hydrogen (secondary N) is 1. The Morgan fingerprint density at radius 1 is 1.00 bits per heavy atom. The fourth-order valence-electron chi connectivity index (χ4n) is 1.97. The second-order valence-electron chi connectivity index (χ2n) is 4.38. The Kier molecular flexibility index (Phi) is 3.64. The maximum absolute atomic E-state index is 12.2. The molecule has 4 heteroatoms. The van der Waals surface area contributed by atoms with Gasteiger partial charge >= 0.3 is 0 Å². The van der Waals surface area contributed by atoms with Crippen LogP contribution in [0.5, 0.6) is 0 Å². The van der Waals surface area contributed by atoms with Crippen LogP contribution in [0.4, 0.5) is 5.82 Å². The van der Waals surface area contributed by atoms with Crippen molar-refractivity contribution in [2.24, 2.45) is 0 Å². The zero-order valence-corrected chi connectivity index (χ0v) is 12.7. The molecule has 0 saturated heterocycles. The van der Waals surface area contributed by atoms with Crippen LogP contribution in [0.3, 0.4) is 0 Å². The summed E-state index contributed by atoms with van der Waals surface area (Å²) >= 11 is 2.18. The quantitative estimate of drug-likeness (QED) is 0.687. The Morgan fingerprint density at radius 2 is 1.80 bits per heavy atom. The molecule has 0 bridgehead atoms. The highest BCUT2D eigenvalue weighted by Crippen LogP contribution is 2.16. The molecule has 98 valence electrons. The van der Waals surface area contributed by atoms with Gasteiger partial charge in [0.25, 0.3) is 5.91 Å². The van der Waals surface area contributed by atoms with Gasteiger partial charge in [-0.15, -0.1) is 0 Å². The number of benzene rings is 2. The first-order valence-electron chi connectivity index (χ1n) is 6.14. The highest BCUT2D eigenvalue weighted by atomic mass is 127. The van der Waals surface area contributed by atoms with Crippen LogP contribution in [0.15, 0.2) is 60.8 Å². The average Bonchev–Trinajstić information content (AvgIpc) is 2.49. The van der Waals surface area contributed by atoms with Crippen LogP contribution >= 0.6 is 22.6 Å². The summed E-state index contributed by atoms with van der Waals surface area (Å²) in [6, 6.07) is 17.3. The van der Waals surface area contributed by atoms with Gasteiger partial charge in [0.15, 0.2) is 0 Å². The summed E-state index contributed by atoms with van der Waals surface area (Å²) < 4.78 is 1.03. The average molecular weight is 374 g/mol. The Morgan fingerprint density at radius 3 is 2.55 bits per heavy atom. The second kappa shape index (κ2) is 5.58. The minimum absolute atomic E-state index is 0.149. The van der Waals surface area contributed by atoms with E-state index in [9.17, 15) is 4.79 Å². The van der Waals surface area contributed by atoms with Gasteiger partial charge in [-0.25, -0.2) is 4.98 Å². The first-order chi connectivity index (χ1) is 9.72. The molecule has 1 heterocycles. The van der Waals surface area contributed by atoms with Crippen molar-refractivity contribution in [3.8, 4) is 0 Å². The van der Waals surface area contributed by atoms with Crippen LogP contribution in [0.25, 0.3) is 10.8 Å². The van der Waals surface area contributed by atoms with Crippen molar-refractivity contribution in [1.29, 1.82) is 0 Å². The number of anilines is 1. The van der Waals surface area contributed by atoms with Gasteiger partial charge in [0.05, 0.1) is 0 Å². The topological polar surface area (TPSA) is 42.0 Å². The first kappa shape index (κ1) is 13.1. The Bertz CT molecular complexity index is 769. The molecule has 2 aromatic carbocycles. The molecule has 0 unspecified atom stereocenters. The molecule has 1 amide bonds. The van der Waals surface area contributed by atoms with Crippen molar-refractivity contribution in [2.75, 3.05) is 5.32 Å². The molecule has 0 aliphatic heterocycles. The van der Waals surface area contributed by atoms with Gasteiger partial charge < -0.3 is 5.32 Å². The number of amides is 1. The Labute approximate surface area is 130 Å². The fourth-order valence-corrected chi connectivity index (χ4v) is 2.29. The van der Waals surface area contributed by atoms with Crippen molar-refractivity contribution in [2.45, 2.75) is 0 Å². The number of aromatic nitrogens is 1. The molecular formula is C16H11IN2O. The molecule has 3 rings (SSSR count). The summed E-state index contributed by atoms with van der Waals surface area (Å²) in [6.45, 7) is 0. The van der Waals surface area contributed by atoms with Crippen molar-refractivity contribution in [3.05, 3.63) is 69.9 Å². The molecule has 0 aliphatic rings. The van der Waals surface area contributed by atoms with Crippen LogP contribution in [0, 0.1) is 3.57 Å². The molecule has 0 spiro atoms. The Balaban J connectivity index is 1.86. The minimum atomic E-state index is -0.149. The normalized spacial score (nSPS) is 10.4. The minimum Gasteiger partial charge on any atom is -0.307 e. The predicted octanol–water partition coefficient (Wildman–Crippen LogP) is 4.09. The van der Waals surface area contributed by atoms with Crippen LogP contribution in [0.1, 0.15) is 10.4 Å². The molecular weight excluding hydrogens is 363 g/mol. The van der Waals surface area contributed by atoms with E-state index < -0.39 is 0 Å². The fraction of sp³-hybridized carbons (Fsp3) is 0. The van der Waals surface area contributed by atoms with Crippen LogP contribution in [-0.4, -0.2) is 10.9 Å². The second-order valence-corrected chi connectivity index (χ2v) is 5.62. The molecule has 3 nitrogen and oxygen atoms in total. The molecule has 20 heavy (non-hydrogen) atoms. The third-order valence-electron chi connectivity index (χ3n) is 2.98. The van der Waals surface area contributed by atoms with Crippen LogP contribution in [-0.2, 0) is 0 Å². The van der Waals surface area contributed by atoms with Crippen molar-refractivity contribution in [3.63, 3.8) is 0 Å². The van der Waals surface area contributed by atoms with E-state index in [1.807, 2.05) is 48.5 Å². The molecule has 0 radical (unpaired) electrons. The van der Waals surface area contributed by atoms with E-state index >= 15 is 0 Å². The van der Waals surface area contributed by atoms with Crippen molar-refractivity contribution >= 4 is 45.1 Å². The summed E-state index contributed by atoms with van der Waals surface area (Å²) in [4.78, 5) is 16.4. The molecule has 1 N–H and O–H groups in total. The van der Waals surface area contributed by atoms with E-state index in [0.29, 0.717) is 11.4 Å². The number of pyridine rings is 1. The van der Waals surface area contributed by atoms with E-state index in [2.05, 4.69) is 32.9 Å². The number of carbonyl (C=O) groups is 1. The number of hydrogen-bond acceptors (Lipinski definition) is 2. The molecule has 1 aromatic heterocycles. The predicted molar refractivity (Wildman–Crippen MR) is 88.9 cm³/mol. The van der Waals surface area contributed by atoms with E-state index in [0.717, 1.165) is 14.3 Å². The number of carbonyl (C=O) groups excluding carboxylic acids is 1. The third kappa shape index (κ3) is 2.80. The lowest BCUT2D eigenvalue weighted by Crippen LogP contribution is -2.12. The standard InChI is InChI=1S/C16H11IN2O/c17-14-7-8-15(18-10-14)19-16(20)13-6-5-11-3-1-2-4-12(11)9-13/h1-10H,(H,18,19,20). The van der Waals surface area contributed by atoms with Crippen molar-refractivity contribution in [1.82, 2.24) is 4.98 Å². The maximum atomic E-state index is 12.2.